The van der Waals surface area contributed by atoms with Gasteiger partial charge < -0.3 is 4.74 Å². The van der Waals surface area contributed by atoms with Crippen molar-refractivity contribution < 1.29 is 18.3 Å². The molecule has 0 saturated carbocycles. The molecular formula is C16H11BrF2O2. The maximum Gasteiger partial charge on any atom is 0.263 e. The minimum atomic E-state index is -2.54. The van der Waals surface area contributed by atoms with Gasteiger partial charge in [-0.2, -0.15) is 0 Å². The first-order chi connectivity index (χ1) is 10.0. The second kappa shape index (κ2) is 5.56. The summed E-state index contributed by atoms with van der Waals surface area (Å²) < 4.78 is 32.1. The van der Waals surface area contributed by atoms with Crippen LogP contribution >= 0.6 is 15.9 Å². The summed E-state index contributed by atoms with van der Waals surface area (Å²) in [4.78, 5) is 12.2. The lowest BCUT2D eigenvalue weighted by molar-refractivity contribution is 0.0849. The van der Waals surface area contributed by atoms with E-state index in [0.717, 1.165) is 4.47 Å². The molecule has 1 unspecified atom stereocenters. The van der Waals surface area contributed by atoms with E-state index in [1.54, 1.807) is 30.3 Å². The summed E-state index contributed by atoms with van der Waals surface area (Å²) in [6.07, 6.45) is -2.91. The predicted octanol–water partition coefficient (Wildman–Crippen LogP) is 5.09. The number of halogens is 3. The molecule has 1 heterocycles. The lowest BCUT2D eigenvalue weighted by Crippen LogP contribution is -2.20. The van der Waals surface area contributed by atoms with Crippen molar-refractivity contribution in [1.29, 1.82) is 0 Å². The Bertz CT molecular complexity index is 700. The van der Waals surface area contributed by atoms with E-state index in [4.69, 9.17) is 4.74 Å². The van der Waals surface area contributed by atoms with Crippen molar-refractivity contribution in [1.82, 2.24) is 0 Å². The number of fused-ring (bicyclic) bond motifs is 1. The van der Waals surface area contributed by atoms with Crippen LogP contribution in [-0.4, -0.2) is 5.78 Å². The largest absolute Gasteiger partial charge is 0.484 e. The van der Waals surface area contributed by atoms with Crippen LogP contribution in [0.15, 0.2) is 46.9 Å². The summed E-state index contributed by atoms with van der Waals surface area (Å²) in [5.74, 6) is 0.435. The minimum absolute atomic E-state index is 0.0452. The molecule has 1 atom stereocenters. The number of hydrogen-bond acceptors (Lipinski definition) is 2. The summed E-state index contributed by atoms with van der Waals surface area (Å²) in [5.41, 5.74) is 1.05. The standard InChI is InChI=1S/C16H11BrF2O2/c17-11-4-5-12-13(20)8-14(21-15(12)7-11)9-2-1-3-10(6-9)16(18)19/h1-7,14,16H,8H2. The molecule has 0 fully saturated rings. The highest BCUT2D eigenvalue weighted by Crippen LogP contribution is 2.37. The molecule has 21 heavy (non-hydrogen) atoms. The Balaban J connectivity index is 1.95. The summed E-state index contributed by atoms with van der Waals surface area (Å²) >= 11 is 3.33. The molecule has 3 rings (SSSR count). The average Bonchev–Trinajstić information content (AvgIpc) is 2.46. The summed E-state index contributed by atoms with van der Waals surface area (Å²) in [6, 6.07) is 11.2. The van der Waals surface area contributed by atoms with Crippen molar-refractivity contribution >= 4 is 21.7 Å². The van der Waals surface area contributed by atoms with Crippen LogP contribution in [0, 0.1) is 0 Å². The molecule has 2 aromatic rings. The van der Waals surface area contributed by atoms with Gasteiger partial charge in [0.1, 0.15) is 11.9 Å². The van der Waals surface area contributed by atoms with E-state index >= 15 is 0 Å². The monoisotopic (exact) mass is 352 g/mol. The van der Waals surface area contributed by atoms with Crippen LogP contribution in [0.1, 0.15) is 40.4 Å². The number of Topliss-reactive ketones (excluding diaryl/α,β-unsaturated/α-hetero) is 1. The molecule has 0 amide bonds. The Morgan fingerprint density at radius 1 is 1.19 bits per heavy atom. The smallest absolute Gasteiger partial charge is 0.263 e. The van der Waals surface area contributed by atoms with Crippen LogP contribution in [0.5, 0.6) is 5.75 Å². The van der Waals surface area contributed by atoms with Crippen molar-refractivity contribution in [2.45, 2.75) is 19.0 Å². The average molecular weight is 353 g/mol. The molecule has 2 aromatic carbocycles. The third-order valence-corrected chi connectivity index (χ3v) is 3.91. The first kappa shape index (κ1) is 14.2. The van der Waals surface area contributed by atoms with Crippen molar-refractivity contribution in [2.24, 2.45) is 0 Å². The molecule has 0 N–H and O–H groups in total. The Morgan fingerprint density at radius 3 is 2.76 bits per heavy atom. The molecule has 5 heteroatoms. The third kappa shape index (κ3) is 2.83. The number of hydrogen-bond donors (Lipinski definition) is 0. The van der Waals surface area contributed by atoms with Gasteiger partial charge in [-0.1, -0.05) is 34.1 Å². The molecule has 0 bridgehead atoms. The fourth-order valence-electron chi connectivity index (χ4n) is 2.38. The van der Waals surface area contributed by atoms with Crippen molar-refractivity contribution in [3.05, 3.63) is 63.6 Å². The maximum atomic E-state index is 12.8. The SMILES string of the molecule is O=C1CC(c2cccc(C(F)F)c2)Oc2cc(Br)ccc21. The van der Waals surface area contributed by atoms with Gasteiger partial charge in [-0.25, -0.2) is 8.78 Å². The molecule has 0 aromatic heterocycles. The van der Waals surface area contributed by atoms with Gasteiger partial charge >= 0.3 is 0 Å². The highest BCUT2D eigenvalue weighted by atomic mass is 79.9. The van der Waals surface area contributed by atoms with E-state index in [2.05, 4.69) is 15.9 Å². The topological polar surface area (TPSA) is 26.3 Å². The van der Waals surface area contributed by atoms with E-state index in [9.17, 15) is 13.6 Å². The second-order valence-electron chi connectivity index (χ2n) is 4.85. The van der Waals surface area contributed by atoms with E-state index in [1.807, 2.05) is 0 Å². The molecule has 1 aliphatic rings. The predicted molar refractivity (Wildman–Crippen MR) is 77.9 cm³/mol. The Morgan fingerprint density at radius 2 is 2.00 bits per heavy atom. The van der Waals surface area contributed by atoms with Gasteiger partial charge in [-0.15, -0.1) is 0 Å². The second-order valence-corrected chi connectivity index (χ2v) is 5.76. The van der Waals surface area contributed by atoms with E-state index in [0.29, 0.717) is 16.9 Å². The minimum Gasteiger partial charge on any atom is -0.484 e. The van der Waals surface area contributed by atoms with Gasteiger partial charge in [0.2, 0.25) is 0 Å². The Kier molecular flexibility index (Phi) is 3.76. The van der Waals surface area contributed by atoms with Crippen molar-refractivity contribution in [3.8, 4) is 5.75 Å². The van der Waals surface area contributed by atoms with Crippen LogP contribution in [0.2, 0.25) is 0 Å². The molecular weight excluding hydrogens is 342 g/mol. The number of benzene rings is 2. The number of carbonyl (C=O) groups excluding carboxylic acids is 1. The van der Waals surface area contributed by atoms with E-state index in [1.165, 1.54) is 12.1 Å². The molecule has 108 valence electrons. The van der Waals surface area contributed by atoms with Gasteiger partial charge in [0.25, 0.3) is 6.43 Å². The molecule has 1 aliphatic heterocycles. The quantitative estimate of drug-likeness (QED) is 0.752. The highest BCUT2D eigenvalue weighted by molar-refractivity contribution is 9.10. The fourth-order valence-corrected chi connectivity index (χ4v) is 2.72. The highest BCUT2D eigenvalue weighted by Gasteiger charge is 2.28. The molecule has 0 saturated heterocycles. The molecule has 0 spiro atoms. The normalized spacial score (nSPS) is 17.5. The zero-order valence-electron chi connectivity index (χ0n) is 10.9. The van der Waals surface area contributed by atoms with Gasteiger partial charge in [-0.3, -0.25) is 4.79 Å². The first-order valence-corrected chi connectivity index (χ1v) is 7.21. The van der Waals surface area contributed by atoms with Gasteiger partial charge in [0.15, 0.2) is 5.78 Å². The van der Waals surface area contributed by atoms with E-state index < -0.39 is 12.5 Å². The summed E-state index contributed by atoms with van der Waals surface area (Å²) in [5, 5.41) is 0. The Hall–Kier alpha value is -1.75. The molecule has 2 nitrogen and oxygen atoms in total. The Labute approximate surface area is 128 Å². The van der Waals surface area contributed by atoms with Gasteiger partial charge in [0, 0.05) is 10.0 Å². The van der Waals surface area contributed by atoms with Crippen molar-refractivity contribution in [2.75, 3.05) is 0 Å². The summed E-state index contributed by atoms with van der Waals surface area (Å²) in [7, 11) is 0. The molecule has 0 aliphatic carbocycles. The number of alkyl halides is 2. The zero-order valence-corrected chi connectivity index (χ0v) is 12.4. The number of ketones is 1. The number of rotatable bonds is 2. The number of carbonyl (C=O) groups is 1. The van der Waals surface area contributed by atoms with Crippen LogP contribution in [0.3, 0.4) is 0 Å². The maximum absolute atomic E-state index is 12.8. The van der Waals surface area contributed by atoms with Crippen LogP contribution < -0.4 is 4.74 Å². The van der Waals surface area contributed by atoms with Crippen molar-refractivity contribution in [3.63, 3.8) is 0 Å². The third-order valence-electron chi connectivity index (χ3n) is 3.42. The lowest BCUT2D eigenvalue weighted by atomic mass is 9.95. The van der Waals surface area contributed by atoms with Gasteiger partial charge in [-0.05, 0) is 29.8 Å². The van der Waals surface area contributed by atoms with Crippen LogP contribution in [0.25, 0.3) is 0 Å². The zero-order chi connectivity index (χ0) is 15.0. The number of ether oxygens (including phenoxy) is 1. The van der Waals surface area contributed by atoms with Crippen LogP contribution in [0.4, 0.5) is 8.78 Å². The van der Waals surface area contributed by atoms with E-state index in [-0.39, 0.29) is 17.8 Å². The van der Waals surface area contributed by atoms with Gasteiger partial charge in [0.05, 0.1) is 12.0 Å². The lowest BCUT2D eigenvalue weighted by Gasteiger charge is -2.26. The first-order valence-electron chi connectivity index (χ1n) is 6.42. The summed E-state index contributed by atoms with van der Waals surface area (Å²) in [6.45, 7) is 0. The van der Waals surface area contributed by atoms with Crippen LogP contribution in [-0.2, 0) is 0 Å². The fraction of sp³-hybridized carbons (Fsp3) is 0.188. The molecule has 0 radical (unpaired) electrons.